The molecule has 3 fully saturated rings. The van der Waals surface area contributed by atoms with Gasteiger partial charge in [0.05, 0.1) is 25.8 Å². The summed E-state index contributed by atoms with van der Waals surface area (Å²) in [6.07, 6.45) is 6.91. The summed E-state index contributed by atoms with van der Waals surface area (Å²) < 4.78 is 11.6. The Balaban J connectivity index is 1.49. The summed E-state index contributed by atoms with van der Waals surface area (Å²) in [6, 6.07) is 4.35. The van der Waals surface area contributed by atoms with Crippen molar-refractivity contribution in [2.45, 2.75) is 52.0 Å². The van der Waals surface area contributed by atoms with E-state index in [0.29, 0.717) is 5.41 Å². The Labute approximate surface area is 169 Å². The maximum absolute atomic E-state index is 6.01. The monoisotopic (exact) mass is 388 g/mol. The summed E-state index contributed by atoms with van der Waals surface area (Å²) >= 11 is 0. The van der Waals surface area contributed by atoms with Crippen LogP contribution in [-0.2, 0) is 4.74 Å². The molecule has 1 N–H and O–H groups in total. The van der Waals surface area contributed by atoms with Crippen LogP contribution in [0, 0.1) is 12.3 Å². The Hall–Kier alpha value is -1.53. The molecular weight excluding hydrogens is 352 g/mol. The molecule has 3 aliphatic rings. The van der Waals surface area contributed by atoms with Gasteiger partial charge in [-0.15, -0.1) is 0 Å². The number of hydrogen-bond donors (Lipinski definition) is 1. The summed E-state index contributed by atoms with van der Waals surface area (Å²) in [4.78, 5) is 10.1. The number of rotatable bonds is 5. The third-order valence-corrected chi connectivity index (χ3v) is 6.73. The Kier molecular flexibility index (Phi) is 6.26. The zero-order chi connectivity index (χ0) is 19.4. The molecule has 1 aromatic rings. The number of hydrogen-bond acceptors (Lipinski definition) is 4. The van der Waals surface area contributed by atoms with Gasteiger partial charge in [0.1, 0.15) is 11.5 Å². The fourth-order valence-electron chi connectivity index (χ4n) is 5.15. The van der Waals surface area contributed by atoms with Gasteiger partial charge in [0.15, 0.2) is 5.96 Å². The predicted molar refractivity (Wildman–Crippen MR) is 112 cm³/mol. The largest absolute Gasteiger partial charge is 0.465 e. The first-order chi connectivity index (χ1) is 13.7. The predicted octanol–water partition coefficient (Wildman–Crippen LogP) is 3.19. The number of morpholine rings is 1. The van der Waals surface area contributed by atoms with Gasteiger partial charge in [0.25, 0.3) is 0 Å². The molecule has 2 saturated heterocycles. The van der Waals surface area contributed by atoms with Crippen LogP contribution in [0.1, 0.15) is 56.6 Å². The van der Waals surface area contributed by atoms with E-state index in [1.165, 1.54) is 38.6 Å². The normalized spacial score (nSPS) is 24.2. The molecule has 28 heavy (non-hydrogen) atoms. The van der Waals surface area contributed by atoms with Crippen molar-refractivity contribution in [2.75, 3.05) is 52.5 Å². The highest BCUT2D eigenvalue weighted by Crippen LogP contribution is 2.45. The second-order valence-electron chi connectivity index (χ2n) is 8.69. The molecule has 1 spiro atoms. The van der Waals surface area contributed by atoms with Gasteiger partial charge >= 0.3 is 0 Å². The molecule has 1 aliphatic carbocycles. The Morgan fingerprint density at radius 3 is 2.64 bits per heavy atom. The number of likely N-dealkylation sites (tertiary alicyclic amines) is 1. The van der Waals surface area contributed by atoms with Gasteiger partial charge in [-0.3, -0.25) is 9.89 Å². The molecule has 6 heteroatoms. The highest BCUT2D eigenvalue weighted by molar-refractivity contribution is 5.80. The van der Waals surface area contributed by atoms with Gasteiger partial charge < -0.3 is 19.4 Å². The molecule has 1 aromatic heterocycles. The third kappa shape index (κ3) is 4.38. The van der Waals surface area contributed by atoms with Crippen LogP contribution in [0.15, 0.2) is 21.5 Å². The maximum atomic E-state index is 6.01. The summed E-state index contributed by atoms with van der Waals surface area (Å²) in [7, 11) is 0. The number of guanidine groups is 1. The van der Waals surface area contributed by atoms with Gasteiger partial charge in [-0.05, 0) is 50.7 Å². The summed E-state index contributed by atoms with van der Waals surface area (Å²) in [5.74, 6) is 3.06. The van der Waals surface area contributed by atoms with E-state index in [1.54, 1.807) is 0 Å². The highest BCUT2D eigenvalue weighted by atomic mass is 16.5. The summed E-state index contributed by atoms with van der Waals surface area (Å²) in [6.45, 7) is 11.5. The molecule has 6 nitrogen and oxygen atoms in total. The van der Waals surface area contributed by atoms with E-state index in [-0.39, 0.29) is 6.04 Å². The van der Waals surface area contributed by atoms with Crippen LogP contribution in [0.4, 0.5) is 0 Å². The minimum absolute atomic E-state index is 0.175. The maximum Gasteiger partial charge on any atom is 0.194 e. The van der Waals surface area contributed by atoms with Gasteiger partial charge in [0, 0.05) is 32.7 Å². The van der Waals surface area contributed by atoms with E-state index in [0.717, 1.165) is 63.4 Å². The second-order valence-corrected chi connectivity index (χ2v) is 8.69. The lowest BCUT2D eigenvalue weighted by atomic mass is 9.86. The fraction of sp³-hybridized carbons (Fsp3) is 0.773. The molecule has 0 bridgehead atoms. The average molecular weight is 389 g/mol. The van der Waals surface area contributed by atoms with E-state index in [2.05, 4.69) is 34.2 Å². The number of aryl methyl sites for hydroxylation is 1. The van der Waals surface area contributed by atoms with Gasteiger partial charge in [-0.1, -0.05) is 12.8 Å². The van der Waals surface area contributed by atoms with Crippen LogP contribution >= 0.6 is 0 Å². The number of nitrogens with one attached hydrogen (secondary N) is 1. The highest BCUT2D eigenvalue weighted by Gasteiger charge is 2.41. The smallest absolute Gasteiger partial charge is 0.194 e. The molecule has 1 saturated carbocycles. The van der Waals surface area contributed by atoms with Crippen molar-refractivity contribution in [3.05, 3.63) is 23.7 Å². The first-order valence-corrected chi connectivity index (χ1v) is 11.1. The molecule has 3 heterocycles. The van der Waals surface area contributed by atoms with E-state index >= 15 is 0 Å². The van der Waals surface area contributed by atoms with Gasteiger partial charge in [-0.2, -0.15) is 0 Å². The molecule has 0 amide bonds. The van der Waals surface area contributed by atoms with Crippen LogP contribution in [0.3, 0.4) is 0 Å². The van der Waals surface area contributed by atoms with Crippen LogP contribution in [-0.4, -0.2) is 68.2 Å². The number of aliphatic imine (C=N–C) groups is 1. The van der Waals surface area contributed by atoms with Crippen LogP contribution in [0.25, 0.3) is 0 Å². The molecule has 0 radical (unpaired) electrons. The lowest BCUT2D eigenvalue weighted by molar-refractivity contribution is 0.0135. The Bertz CT molecular complexity index is 659. The zero-order valence-electron chi connectivity index (χ0n) is 17.6. The zero-order valence-corrected chi connectivity index (χ0v) is 17.6. The average Bonchev–Trinajstić information content (AvgIpc) is 3.45. The van der Waals surface area contributed by atoms with Crippen molar-refractivity contribution in [2.24, 2.45) is 10.4 Å². The minimum Gasteiger partial charge on any atom is -0.465 e. The van der Waals surface area contributed by atoms with Crippen molar-refractivity contribution < 1.29 is 9.15 Å². The van der Waals surface area contributed by atoms with Gasteiger partial charge in [-0.25, -0.2) is 0 Å². The first kappa shape index (κ1) is 19.8. The molecule has 156 valence electrons. The summed E-state index contributed by atoms with van der Waals surface area (Å²) in [5.41, 5.74) is 0.553. The standard InChI is InChI=1S/C22H36N4O2/c1-3-23-21(26-11-10-22(17-26)8-4-5-9-22)24-16-19(20-7-6-18(2)28-20)25-12-14-27-15-13-25/h6-7,19H,3-5,8-17H2,1-2H3,(H,23,24). The topological polar surface area (TPSA) is 53.2 Å². The fourth-order valence-corrected chi connectivity index (χ4v) is 5.15. The van der Waals surface area contributed by atoms with Crippen LogP contribution < -0.4 is 5.32 Å². The quantitative estimate of drug-likeness (QED) is 0.620. The van der Waals surface area contributed by atoms with Crippen molar-refractivity contribution >= 4 is 5.96 Å². The lowest BCUT2D eigenvalue weighted by Crippen LogP contribution is -2.43. The summed E-state index contributed by atoms with van der Waals surface area (Å²) in [5, 5.41) is 3.55. The van der Waals surface area contributed by atoms with E-state index in [1.807, 2.05) is 6.92 Å². The van der Waals surface area contributed by atoms with Crippen molar-refractivity contribution in [3.8, 4) is 0 Å². The van der Waals surface area contributed by atoms with Crippen molar-refractivity contribution in [1.82, 2.24) is 15.1 Å². The van der Waals surface area contributed by atoms with Gasteiger partial charge in [0.2, 0.25) is 0 Å². The van der Waals surface area contributed by atoms with Crippen LogP contribution in [0.2, 0.25) is 0 Å². The number of furan rings is 1. The lowest BCUT2D eigenvalue weighted by Gasteiger charge is -2.33. The second kappa shape index (κ2) is 8.87. The number of nitrogens with zero attached hydrogens (tertiary/aromatic N) is 3. The first-order valence-electron chi connectivity index (χ1n) is 11.1. The Morgan fingerprint density at radius 1 is 1.18 bits per heavy atom. The molecule has 1 atom stereocenters. The van der Waals surface area contributed by atoms with E-state index in [4.69, 9.17) is 14.1 Å². The van der Waals surface area contributed by atoms with Crippen molar-refractivity contribution in [1.29, 1.82) is 0 Å². The van der Waals surface area contributed by atoms with E-state index in [9.17, 15) is 0 Å². The SMILES string of the molecule is CCNC(=NCC(c1ccc(C)o1)N1CCOCC1)N1CCC2(CCCC2)C1. The molecule has 4 rings (SSSR count). The van der Waals surface area contributed by atoms with Crippen LogP contribution in [0.5, 0.6) is 0 Å². The molecular formula is C22H36N4O2. The minimum atomic E-state index is 0.175. The molecule has 0 aromatic carbocycles. The number of ether oxygens (including phenoxy) is 1. The third-order valence-electron chi connectivity index (χ3n) is 6.73. The Morgan fingerprint density at radius 2 is 1.96 bits per heavy atom. The van der Waals surface area contributed by atoms with E-state index < -0.39 is 0 Å². The molecule has 2 aliphatic heterocycles. The van der Waals surface area contributed by atoms with Crippen molar-refractivity contribution in [3.63, 3.8) is 0 Å². The molecule has 1 unspecified atom stereocenters.